The van der Waals surface area contributed by atoms with Crippen LogP contribution in [0.2, 0.25) is 0 Å². The average molecular weight is 580 g/mol. The molecule has 0 aliphatic heterocycles. The highest BCUT2D eigenvalue weighted by molar-refractivity contribution is 4.66. The van der Waals surface area contributed by atoms with Crippen LogP contribution in [0.3, 0.4) is 0 Å². The van der Waals surface area contributed by atoms with E-state index in [4.69, 9.17) is 4.74 Å². The maximum atomic E-state index is 5.94. The molecule has 1 atom stereocenters. The monoisotopic (exact) mass is 580 g/mol. The minimum absolute atomic E-state index is 0.453. The molecule has 0 aliphatic rings. The molecule has 0 bridgehead atoms. The minimum atomic E-state index is 0.453. The molecule has 41 heavy (non-hydrogen) atoms. The molecule has 0 saturated heterocycles. The smallest absolute Gasteiger partial charge is 0.0583 e. The molecule has 0 aromatic rings. The minimum Gasteiger partial charge on any atom is -0.381 e. The summed E-state index contributed by atoms with van der Waals surface area (Å²) in [6, 6.07) is 0. The molecule has 0 fully saturated rings. The molecule has 0 rings (SSSR count). The Kier molecular flexibility index (Phi) is 27.4. The van der Waals surface area contributed by atoms with Crippen LogP contribution < -0.4 is 0 Å². The van der Waals surface area contributed by atoms with E-state index in [0.717, 1.165) is 0 Å². The van der Waals surface area contributed by atoms with E-state index in [-0.39, 0.29) is 0 Å². The predicted octanol–water partition coefficient (Wildman–Crippen LogP) is 13.2. The van der Waals surface area contributed by atoms with Gasteiger partial charge in [0.2, 0.25) is 0 Å². The summed E-state index contributed by atoms with van der Waals surface area (Å²) in [4.78, 5) is 2.80. The van der Waals surface area contributed by atoms with Crippen molar-refractivity contribution < 1.29 is 4.74 Å². The van der Waals surface area contributed by atoms with Crippen LogP contribution in [-0.4, -0.2) is 37.7 Å². The van der Waals surface area contributed by atoms with Gasteiger partial charge in [-0.3, -0.25) is 0 Å². The second-order valence-electron chi connectivity index (χ2n) is 16.0. The van der Waals surface area contributed by atoms with Gasteiger partial charge in [0.15, 0.2) is 0 Å². The summed E-state index contributed by atoms with van der Waals surface area (Å²) < 4.78 is 5.94. The molecule has 0 aliphatic carbocycles. The number of methoxy groups -OCH3 is 1. The lowest BCUT2D eigenvalue weighted by molar-refractivity contribution is 0.0736. The summed E-state index contributed by atoms with van der Waals surface area (Å²) in [7, 11) is 1.94. The highest BCUT2D eigenvalue weighted by atomic mass is 16.5. The fourth-order valence-corrected chi connectivity index (χ4v) is 6.12. The van der Waals surface area contributed by atoms with Crippen LogP contribution in [0.1, 0.15) is 209 Å². The van der Waals surface area contributed by atoms with Crippen LogP contribution >= 0.6 is 0 Å². The summed E-state index contributed by atoms with van der Waals surface area (Å²) in [5, 5.41) is 0. The molecule has 2 nitrogen and oxygen atoms in total. The third-order valence-corrected chi connectivity index (χ3v) is 9.03. The lowest BCUT2D eigenvalue weighted by Crippen LogP contribution is -2.30. The first-order chi connectivity index (χ1) is 19.6. The summed E-state index contributed by atoms with van der Waals surface area (Å²) in [6.45, 7) is 20.4. The molecule has 0 aromatic carbocycles. The summed E-state index contributed by atoms with van der Waals surface area (Å²) in [5.41, 5.74) is 1.01. The third-order valence-electron chi connectivity index (χ3n) is 9.03. The Labute approximate surface area is 261 Å². The molecule has 0 radical (unpaired) electrons. The summed E-state index contributed by atoms with van der Waals surface area (Å²) in [5.74, 6) is 0. The van der Waals surface area contributed by atoms with Crippen molar-refractivity contribution in [2.75, 3.05) is 26.7 Å². The van der Waals surface area contributed by atoms with Crippen LogP contribution in [0.25, 0.3) is 0 Å². The number of nitrogens with zero attached hydrogens (tertiary/aromatic N) is 1. The maximum Gasteiger partial charge on any atom is 0.0583 e. The van der Waals surface area contributed by atoms with Crippen molar-refractivity contribution in [3.63, 3.8) is 0 Å². The summed E-state index contributed by atoms with van der Waals surface area (Å²) in [6.07, 6.45) is 35.3. The van der Waals surface area contributed by atoms with E-state index < -0.39 is 0 Å². The first-order valence-corrected chi connectivity index (χ1v) is 18.8. The highest BCUT2D eigenvalue weighted by Gasteiger charge is 2.12. The molecular formula is C39H81NO. The predicted molar refractivity (Wildman–Crippen MR) is 187 cm³/mol. The second-order valence-corrected chi connectivity index (χ2v) is 16.0. The lowest BCUT2D eigenvalue weighted by atomic mass is 9.89. The van der Waals surface area contributed by atoms with Gasteiger partial charge in [-0.25, -0.2) is 0 Å². The molecule has 0 spiro atoms. The number of hydrogen-bond donors (Lipinski definition) is 0. The molecule has 0 saturated carbocycles. The van der Waals surface area contributed by atoms with Crippen molar-refractivity contribution in [1.82, 2.24) is 4.90 Å². The normalized spacial score (nSPS) is 13.4. The van der Waals surface area contributed by atoms with Crippen molar-refractivity contribution in [3.05, 3.63) is 0 Å². The van der Waals surface area contributed by atoms with Crippen molar-refractivity contribution in [2.45, 2.75) is 215 Å². The van der Waals surface area contributed by atoms with Gasteiger partial charge < -0.3 is 9.64 Å². The Morgan fingerprint density at radius 3 is 1.20 bits per heavy atom. The maximum absolute atomic E-state index is 5.94. The third kappa shape index (κ3) is 32.7. The molecular weight excluding hydrogens is 498 g/mol. The van der Waals surface area contributed by atoms with E-state index in [1.807, 2.05) is 7.11 Å². The number of rotatable bonds is 30. The van der Waals surface area contributed by atoms with Gasteiger partial charge in [0.25, 0.3) is 0 Å². The van der Waals surface area contributed by atoms with E-state index in [2.05, 4.69) is 53.4 Å². The van der Waals surface area contributed by atoms with E-state index in [0.29, 0.717) is 16.9 Å². The highest BCUT2D eigenvalue weighted by Crippen LogP contribution is 2.24. The molecule has 0 heterocycles. The Balaban J connectivity index is 4.24. The Bertz CT molecular complexity index is 485. The van der Waals surface area contributed by atoms with E-state index in [1.165, 1.54) is 180 Å². The van der Waals surface area contributed by atoms with Gasteiger partial charge in [-0.15, -0.1) is 0 Å². The Morgan fingerprint density at radius 1 is 0.439 bits per heavy atom. The SMILES string of the molecule is CCCCCCCCCC(CCN(CCCCCCCCCC(C)(C)C)CCCCCCCCCC(C)(C)C)OC. The van der Waals surface area contributed by atoms with E-state index in [9.17, 15) is 0 Å². The topological polar surface area (TPSA) is 12.5 Å². The van der Waals surface area contributed by atoms with Crippen LogP contribution in [0, 0.1) is 10.8 Å². The van der Waals surface area contributed by atoms with Gasteiger partial charge in [0.1, 0.15) is 0 Å². The van der Waals surface area contributed by atoms with Gasteiger partial charge in [-0.05, 0) is 62.4 Å². The van der Waals surface area contributed by atoms with Crippen molar-refractivity contribution in [1.29, 1.82) is 0 Å². The average Bonchev–Trinajstić information content (AvgIpc) is 2.90. The van der Waals surface area contributed by atoms with Gasteiger partial charge in [0, 0.05) is 13.7 Å². The number of hydrogen-bond acceptors (Lipinski definition) is 2. The van der Waals surface area contributed by atoms with Crippen LogP contribution in [-0.2, 0) is 4.74 Å². The fraction of sp³-hybridized carbons (Fsp3) is 1.00. The van der Waals surface area contributed by atoms with E-state index >= 15 is 0 Å². The van der Waals surface area contributed by atoms with Crippen molar-refractivity contribution in [3.8, 4) is 0 Å². The first kappa shape index (κ1) is 40.9. The van der Waals surface area contributed by atoms with E-state index in [1.54, 1.807) is 0 Å². The summed E-state index contributed by atoms with van der Waals surface area (Å²) >= 11 is 0. The van der Waals surface area contributed by atoms with Crippen molar-refractivity contribution >= 4 is 0 Å². The molecule has 2 heteroatoms. The van der Waals surface area contributed by atoms with Gasteiger partial charge in [0.05, 0.1) is 6.10 Å². The Morgan fingerprint density at radius 2 is 0.805 bits per heavy atom. The van der Waals surface area contributed by atoms with Gasteiger partial charge >= 0.3 is 0 Å². The molecule has 248 valence electrons. The van der Waals surface area contributed by atoms with Gasteiger partial charge in [-0.1, -0.05) is 170 Å². The number of ether oxygens (including phenoxy) is 1. The fourth-order valence-electron chi connectivity index (χ4n) is 6.12. The molecule has 0 amide bonds. The Hall–Kier alpha value is -0.0800. The molecule has 0 N–H and O–H groups in total. The van der Waals surface area contributed by atoms with Crippen LogP contribution in [0.4, 0.5) is 0 Å². The second kappa shape index (κ2) is 27.5. The van der Waals surface area contributed by atoms with Crippen LogP contribution in [0.15, 0.2) is 0 Å². The largest absolute Gasteiger partial charge is 0.381 e. The van der Waals surface area contributed by atoms with Crippen molar-refractivity contribution in [2.24, 2.45) is 10.8 Å². The zero-order valence-corrected chi connectivity index (χ0v) is 30.2. The standard InChI is InChI=1S/C39H81NO/c1-9-10-11-12-15-20-25-30-37(41-8)31-36-40(34-28-23-18-13-16-21-26-32-38(2,3)4)35-29-24-19-14-17-22-27-33-39(5,6)7/h37H,9-36H2,1-8H3. The number of unbranched alkanes of at least 4 members (excludes halogenated alkanes) is 18. The zero-order chi connectivity index (χ0) is 30.7. The quantitative estimate of drug-likeness (QED) is 0.0785. The molecule has 0 aromatic heterocycles. The zero-order valence-electron chi connectivity index (χ0n) is 30.2. The van der Waals surface area contributed by atoms with Gasteiger partial charge in [-0.2, -0.15) is 0 Å². The molecule has 1 unspecified atom stereocenters. The van der Waals surface area contributed by atoms with Crippen LogP contribution in [0.5, 0.6) is 0 Å². The first-order valence-electron chi connectivity index (χ1n) is 18.8. The lowest BCUT2D eigenvalue weighted by Gasteiger charge is -2.25.